The highest BCUT2D eigenvalue weighted by atomic mass is 32.2. The van der Waals surface area contributed by atoms with Crippen molar-refractivity contribution in [2.24, 2.45) is 0 Å². The third-order valence-electron chi connectivity index (χ3n) is 5.33. The number of nitrogens with zero attached hydrogens (tertiary/aromatic N) is 3. The molecule has 2 aromatic carbocycles. The molecule has 2 heterocycles. The van der Waals surface area contributed by atoms with Crippen LogP contribution in [-0.4, -0.2) is 40.2 Å². The lowest BCUT2D eigenvalue weighted by molar-refractivity contribution is -0.113. The fourth-order valence-corrected chi connectivity index (χ4v) is 4.41. The molecular formula is C24H23N5O3S. The number of carbonyl (C=O) groups excluding carboxylic acids is 1. The number of hydrogen-bond acceptors (Lipinski definition) is 7. The van der Waals surface area contributed by atoms with Crippen LogP contribution in [0.1, 0.15) is 22.4 Å². The summed E-state index contributed by atoms with van der Waals surface area (Å²) in [6, 6.07) is 16.6. The Labute approximate surface area is 195 Å². The molecule has 0 atom stereocenters. The Morgan fingerprint density at radius 3 is 2.97 bits per heavy atom. The number of rotatable bonds is 7. The molecule has 4 rings (SSSR count). The van der Waals surface area contributed by atoms with Gasteiger partial charge in [0.15, 0.2) is 5.16 Å². The van der Waals surface area contributed by atoms with E-state index in [0.29, 0.717) is 41.5 Å². The zero-order valence-electron chi connectivity index (χ0n) is 18.1. The number of nitriles is 1. The Balaban J connectivity index is 1.38. The van der Waals surface area contributed by atoms with Gasteiger partial charge < -0.3 is 15.0 Å². The van der Waals surface area contributed by atoms with E-state index in [4.69, 9.17) is 10.00 Å². The van der Waals surface area contributed by atoms with Crippen LogP contribution in [0.2, 0.25) is 0 Å². The first kappa shape index (κ1) is 22.6. The molecule has 8 nitrogen and oxygen atoms in total. The van der Waals surface area contributed by atoms with E-state index in [-0.39, 0.29) is 17.2 Å². The number of nitrogens with one attached hydrogen (secondary N) is 2. The van der Waals surface area contributed by atoms with Crippen molar-refractivity contribution in [2.75, 3.05) is 24.7 Å². The van der Waals surface area contributed by atoms with Crippen molar-refractivity contribution in [1.29, 1.82) is 5.26 Å². The highest BCUT2D eigenvalue weighted by Crippen LogP contribution is 2.23. The van der Waals surface area contributed by atoms with Crippen molar-refractivity contribution in [2.45, 2.75) is 24.7 Å². The molecule has 0 saturated carbocycles. The zero-order chi connectivity index (χ0) is 23.2. The number of anilines is 1. The van der Waals surface area contributed by atoms with Crippen LogP contribution < -0.4 is 15.6 Å². The second-order valence-electron chi connectivity index (χ2n) is 7.60. The topological polar surface area (TPSA) is 111 Å². The van der Waals surface area contributed by atoms with E-state index < -0.39 is 0 Å². The maximum Gasteiger partial charge on any atom is 0.256 e. The second kappa shape index (κ2) is 10.3. The lowest BCUT2D eigenvalue weighted by atomic mass is 10.1. The van der Waals surface area contributed by atoms with Gasteiger partial charge in [0, 0.05) is 37.3 Å². The minimum atomic E-state index is -0.238. The average molecular weight is 462 g/mol. The van der Waals surface area contributed by atoms with Crippen molar-refractivity contribution in [3.63, 3.8) is 0 Å². The van der Waals surface area contributed by atoms with Crippen LogP contribution in [0, 0.1) is 11.3 Å². The van der Waals surface area contributed by atoms with Crippen LogP contribution in [0.4, 0.5) is 5.69 Å². The predicted molar refractivity (Wildman–Crippen MR) is 126 cm³/mol. The molecule has 0 unspecified atom stereocenters. The number of carbonyl (C=O) groups is 1. The first-order valence-corrected chi connectivity index (χ1v) is 11.4. The third-order valence-corrected chi connectivity index (χ3v) is 6.20. The van der Waals surface area contributed by atoms with Crippen LogP contribution >= 0.6 is 11.8 Å². The van der Waals surface area contributed by atoms with Gasteiger partial charge in [-0.25, -0.2) is 4.98 Å². The number of benzene rings is 2. The minimum absolute atomic E-state index is 0.0957. The first-order chi connectivity index (χ1) is 16.1. The molecule has 0 bridgehead atoms. The molecule has 0 fully saturated rings. The number of hydrogen-bond donors (Lipinski definition) is 2. The number of amides is 1. The Morgan fingerprint density at radius 2 is 2.15 bits per heavy atom. The number of methoxy groups -OCH3 is 1. The van der Waals surface area contributed by atoms with Crippen molar-refractivity contribution in [3.8, 4) is 11.8 Å². The lowest BCUT2D eigenvalue weighted by Gasteiger charge is -2.28. The summed E-state index contributed by atoms with van der Waals surface area (Å²) in [7, 11) is 1.65. The van der Waals surface area contributed by atoms with E-state index in [9.17, 15) is 9.59 Å². The Morgan fingerprint density at radius 1 is 1.30 bits per heavy atom. The molecule has 1 amide bonds. The van der Waals surface area contributed by atoms with E-state index in [0.717, 1.165) is 23.6 Å². The van der Waals surface area contributed by atoms with Gasteiger partial charge in [-0.1, -0.05) is 36.0 Å². The van der Waals surface area contributed by atoms with Crippen LogP contribution in [0.25, 0.3) is 0 Å². The molecule has 1 aliphatic rings. The van der Waals surface area contributed by atoms with Gasteiger partial charge in [-0.15, -0.1) is 0 Å². The normalized spacial score (nSPS) is 13.1. The number of aromatic amines is 1. The quantitative estimate of drug-likeness (QED) is 0.411. The van der Waals surface area contributed by atoms with E-state index >= 15 is 0 Å². The van der Waals surface area contributed by atoms with Crippen LogP contribution in [-0.2, 0) is 24.3 Å². The number of aromatic nitrogens is 2. The summed E-state index contributed by atoms with van der Waals surface area (Å²) in [5.41, 5.74) is 3.38. The highest BCUT2D eigenvalue weighted by Gasteiger charge is 2.22. The van der Waals surface area contributed by atoms with Crippen molar-refractivity contribution < 1.29 is 9.53 Å². The summed E-state index contributed by atoms with van der Waals surface area (Å²) >= 11 is 1.18. The maximum absolute atomic E-state index is 12.7. The minimum Gasteiger partial charge on any atom is -0.496 e. The third kappa shape index (κ3) is 5.61. The van der Waals surface area contributed by atoms with E-state index in [2.05, 4.69) is 20.2 Å². The number of para-hydroxylation sites is 1. The molecule has 9 heteroatoms. The van der Waals surface area contributed by atoms with Gasteiger partial charge in [0.25, 0.3) is 5.56 Å². The molecule has 3 aromatic rings. The summed E-state index contributed by atoms with van der Waals surface area (Å²) in [5.74, 6) is 0.691. The Kier molecular flexibility index (Phi) is 7.07. The Hall–Kier alpha value is -3.61. The van der Waals surface area contributed by atoms with Crippen LogP contribution in [0.3, 0.4) is 0 Å². The van der Waals surface area contributed by atoms with E-state index in [1.807, 2.05) is 30.3 Å². The van der Waals surface area contributed by atoms with Crippen molar-refractivity contribution in [3.05, 3.63) is 81.3 Å². The van der Waals surface area contributed by atoms with Gasteiger partial charge in [0.1, 0.15) is 5.75 Å². The molecule has 0 saturated heterocycles. The van der Waals surface area contributed by atoms with Crippen LogP contribution in [0.15, 0.2) is 58.5 Å². The Bertz CT molecular complexity index is 1270. The van der Waals surface area contributed by atoms with Gasteiger partial charge in [0.2, 0.25) is 5.91 Å². The first-order valence-electron chi connectivity index (χ1n) is 10.4. The summed E-state index contributed by atoms with van der Waals surface area (Å²) in [5, 5.41) is 12.2. The molecule has 1 aromatic heterocycles. The molecular weight excluding hydrogens is 438 g/mol. The number of thioether (sulfide) groups is 1. The zero-order valence-corrected chi connectivity index (χ0v) is 18.9. The van der Waals surface area contributed by atoms with Gasteiger partial charge >= 0.3 is 0 Å². The number of ether oxygens (including phenoxy) is 1. The fourth-order valence-electron chi connectivity index (χ4n) is 3.73. The summed E-state index contributed by atoms with van der Waals surface area (Å²) in [4.78, 5) is 34.6. The van der Waals surface area contributed by atoms with E-state index in [1.165, 1.54) is 11.8 Å². The van der Waals surface area contributed by atoms with Gasteiger partial charge in [-0.2, -0.15) is 5.26 Å². The van der Waals surface area contributed by atoms with Gasteiger partial charge in [-0.05, 0) is 24.3 Å². The number of H-pyrrole nitrogens is 1. The second-order valence-corrected chi connectivity index (χ2v) is 8.56. The van der Waals surface area contributed by atoms with Crippen molar-refractivity contribution in [1.82, 2.24) is 14.9 Å². The van der Waals surface area contributed by atoms with Crippen LogP contribution in [0.5, 0.6) is 5.75 Å². The fraction of sp³-hybridized carbons (Fsp3) is 0.250. The van der Waals surface area contributed by atoms with E-state index in [1.54, 1.807) is 31.4 Å². The molecule has 1 aliphatic heterocycles. The molecule has 2 N–H and O–H groups in total. The lowest BCUT2D eigenvalue weighted by Crippen LogP contribution is -2.35. The molecule has 168 valence electrons. The van der Waals surface area contributed by atoms with Gasteiger partial charge in [-0.3, -0.25) is 14.5 Å². The summed E-state index contributed by atoms with van der Waals surface area (Å²) in [6.07, 6.45) is 0.662. The van der Waals surface area contributed by atoms with Crippen molar-refractivity contribution >= 4 is 23.4 Å². The molecule has 0 aliphatic carbocycles. The molecule has 33 heavy (non-hydrogen) atoms. The molecule has 0 spiro atoms. The predicted octanol–water partition coefficient (Wildman–Crippen LogP) is 2.94. The maximum atomic E-state index is 12.7. The standard InChI is InChI=1S/C24H23N5O3S/c1-32-21-8-3-2-6-17(21)13-29-10-9-20-19(14-29)23(31)28-24(27-20)33-15-22(30)26-18-7-4-5-16(11-18)12-25/h2-8,11H,9-10,13-15H2,1H3,(H,26,30)(H,27,28,31). The summed E-state index contributed by atoms with van der Waals surface area (Å²) in [6.45, 7) is 1.98. The smallest absolute Gasteiger partial charge is 0.256 e. The highest BCUT2D eigenvalue weighted by molar-refractivity contribution is 7.99. The summed E-state index contributed by atoms with van der Waals surface area (Å²) < 4.78 is 5.43. The average Bonchev–Trinajstić information content (AvgIpc) is 2.83. The molecule has 0 radical (unpaired) electrons. The number of fused-ring (bicyclic) bond motifs is 1. The monoisotopic (exact) mass is 461 g/mol. The van der Waals surface area contributed by atoms with Gasteiger partial charge in [0.05, 0.1) is 35.8 Å². The largest absolute Gasteiger partial charge is 0.496 e. The SMILES string of the molecule is COc1ccccc1CN1CCc2nc(SCC(=O)Nc3cccc(C#N)c3)[nH]c(=O)c2C1.